The van der Waals surface area contributed by atoms with Crippen LogP contribution in [0.15, 0.2) is 0 Å². The van der Waals surface area contributed by atoms with Crippen molar-refractivity contribution in [3.63, 3.8) is 0 Å². The van der Waals surface area contributed by atoms with Crippen molar-refractivity contribution in [3.8, 4) is 0 Å². The molecular formula is C4H6O3S. The molecule has 1 aliphatic rings. The Bertz CT molecular complexity index is 118. The van der Waals surface area contributed by atoms with Gasteiger partial charge in [-0.15, -0.1) is 0 Å². The molecule has 0 amide bonds. The van der Waals surface area contributed by atoms with Gasteiger partial charge in [0.25, 0.3) is 0 Å². The zero-order valence-electron chi connectivity index (χ0n) is 4.13. The smallest absolute Gasteiger partial charge is 0.324 e. The monoisotopic (exact) mass is 134 g/mol. The molecule has 3 nitrogen and oxygen atoms in total. The standard InChI is InChI=1S/C4H6O3S/c5-3(6)4(8)1-7-2-4/h8H,1-2H2,(H,5,6). The van der Waals surface area contributed by atoms with Crippen molar-refractivity contribution in [1.82, 2.24) is 0 Å². The van der Waals surface area contributed by atoms with Crippen LogP contribution in [0, 0.1) is 0 Å². The number of hydrogen-bond donors (Lipinski definition) is 2. The van der Waals surface area contributed by atoms with Crippen molar-refractivity contribution in [2.24, 2.45) is 0 Å². The molecule has 1 heterocycles. The van der Waals surface area contributed by atoms with Gasteiger partial charge in [-0.05, 0) is 0 Å². The highest BCUT2D eigenvalue weighted by atomic mass is 32.1. The topological polar surface area (TPSA) is 46.5 Å². The summed E-state index contributed by atoms with van der Waals surface area (Å²) in [5, 5.41) is 8.34. The predicted octanol–water partition coefficient (Wildman–Crippen LogP) is -0.230. The molecule has 1 aliphatic heterocycles. The van der Waals surface area contributed by atoms with Crippen LogP contribution in [0.5, 0.6) is 0 Å². The first-order chi connectivity index (χ1) is 3.65. The third-order valence-electron chi connectivity index (χ3n) is 1.08. The van der Waals surface area contributed by atoms with Crippen molar-refractivity contribution in [2.75, 3.05) is 13.2 Å². The Hall–Kier alpha value is -0.220. The Labute approximate surface area is 52.1 Å². The average Bonchev–Trinajstić information content (AvgIpc) is 1.60. The Morgan fingerprint density at radius 2 is 2.25 bits per heavy atom. The molecule has 1 fully saturated rings. The average molecular weight is 134 g/mol. The minimum Gasteiger partial charge on any atom is -0.480 e. The first-order valence-corrected chi connectivity index (χ1v) is 2.63. The minimum absolute atomic E-state index is 0.228. The molecule has 0 aromatic heterocycles. The largest absolute Gasteiger partial charge is 0.480 e. The second-order valence-electron chi connectivity index (χ2n) is 1.83. The van der Waals surface area contributed by atoms with E-state index in [4.69, 9.17) is 5.11 Å². The molecule has 1 N–H and O–H groups in total. The normalized spacial score (nSPS) is 24.1. The first-order valence-electron chi connectivity index (χ1n) is 2.19. The molecule has 0 unspecified atom stereocenters. The van der Waals surface area contributed by atoms with E-state index in [9.17, 15) is 4.79 Å². The van der Waals surface area contributed by atoms with E-state index in [-0.39, 0.29) is 13.2 Å². The number of hydrogen-bond acceptors (Lipinski definition) is 3. The Kier molecular flexibility index (Phi) is 1.21. The van der Waals surface area contributed by atoms with Crippen LogP contribution in [0.1, 0.15) is 0 Å². The second kappa shape index (κ2) is 1.63. The summed E-state index contributed by atoms with van der Waals surface area (Å²) in [4.78, 5) is 10.1. The summed E-state index contributed by atoms with van der Waals surface area (Å²) >= 11 is 3.84. The second-order valence-corrected chi connectivity index (χ2v) is 2.69. The van der Waals surface area contributed by atoms with E-state index in [1.165, 1.54) is 0 Å². The van der Waals surface area contributed by atoms with Crippen LogP contribution in [0.4, 0.5) is 0 Å². The van der Waals surface area contributed by atoms with Gasteiger partial charge in [0, 0.05) is 0 Å². The quantitative estimate of drug-likeness (QED) is 0.487. The van der Waals surface area contributed by atoms with Gasteiger partial charge in [0.2, 0.25) is 0 Å². The summed E-state index contributed by atoms with van der Waals surface area (Å²) in [6.45, 7) is 0.455. The van der Waals surface area contributed by atoms with Gasteiger partial charge < -0.3 is 9.84 Å². The highest BCUT2D eigenvalue weighted by Crippen LogP contribution is 2.23. The summed E-state index contributed by atoms with van der Waals surface area (Å²) < 4.78 is 3.75. The van der Waals surface area contributed by atoms with Crippen LogP contribution in [-0.4, -0.2) is 29.0 Å². The molecule has 8 heavy (non-hydrogen) atoms. The Morgan fingerprint density at radius 3 is 2.25 bits per heavy atom. The summed E-state index contributed by atoms with van der Waals surface area (Å²) in [6, 6.07) is 0. The number of carboxylic acids is 1. The van der Waals surface area contributed by atoms with Crippen molar-refractivity contribution in [1.29, 1.82) is 0 Å². The molecular weight excluding hydrogens is 128 g/mol. The van der Waals surface area contributed by atoms with E-state index < -0.39 is 10.7 Å². The maximum absolute atomic E-state index is 10.1. The van der Waals surface area contributed by atoms with Crippen molar-refractivity contribution >= 4 is 18.6 Å². The van der Waals surface area contributed by atoms with Crippen LogP contribution in [0.3, 0.4) is 0 Å². The van der Waals surface area contributed by atoms with Gasteiger partial charge in [-0.25, -0.2) is 0 Å². The zero-order valence-corrected chi connectivity index (χ0v) is 5.02. The highest BCUT2D eigenvalue weighted by Gasteiger charge is 2.42. The third kappa shape index (κ3) is 0.695. The zero-order chi connectivity index (χ0) is 6.20. The molecule has 46 valence electrons. The van der Waals surface area contributed by atoms with Gasteiger partial charge in [-0.3, -0.25) is 4.79 Å². The molecule has 1 rings (SSSR count). The van der Waals surface area contributed by atoms with Crippen LogP contribution in [0.25, 0.3) is 0 Å². The molecule has 0 aliphatic carbocycles. The molecule has 0 saturated carbocycles. The fraction of sp³-hybridized carbons (Fsp3) is 0.750. The van der Waals surface area contributed by atoms with Crippen LogP contribution in [-0.2, 0) is 9.53 Å². The summed E-state index contributed by atoms with van der Waals surface area (Å²) in [5.74, 6) is -0.896. The maximum Gasteiger partial charge on any atom is 0.324 e. The van der Waals surface area contributed by atoms with Gasteiger partial charge in [-0.1, -0.05) is 0 Å². The number of carboxylic acid groups (broad SMARTS) is 1. The van der Waals surface area contributed by atoms with Gasteiger partial charge >= 0.3 is 5.97 Å². The van der Waals surface area contributed by atoms with Crippen molar-refractivity contribution < 1.29 is 14.6 Å². The van der Waals surface area contributed by atoms with Gasteiger partial charge in [0.15, 0.2) is 4.75 Å². The van der Waals surface area contributed by atoms with Gasteiger partial charge in [-0.2, -0.15) is 12.6 Å². The molecule has 1 saturated heterocycles. The number of carbonyl (C=O) groups is 1. The number of rotatable bonds is 1. The predicted molar refractivity (Wildman–Crippen MR) is 30.2 cm³/mol. The van der Waals surface area contributed by atoms with Crippen LogP contribution < -0.4 is 0 Å². The van der Waals surface area contributed by atoms with E-state index in [1.54, 1.807) is 0 Å². The Balaban J connectivity index is 2.53. The lowest BCUT2D eigenvalue weighted by Gasteiger charge is -2.32. The lowest BCUT2D eigenvalue weighted by molar-refractivity contribution is -0.151. The molecule has 0 bridgehead atoms. The van der Waals surface area contributed by atoms with Crippen molar-refractivity contribution in [3.05, 3.63) is 0 Å². The SMILES string of the molecule is O=C(O)C1(S)COC1. The number of thiol groups is 1. The van der Waals surface area contributed by atoms with Gasteiger partial charge in [0.05, 0.1) is 13.2 Å². The van der Waals surface area contributed by atoms with Gasteiger partial charge in [0.1, 0.15) is 0 Å². The van der Waals surface area contributed by atoms with E-state index >= 15 is 0 Å². The maximum atomic E-state index is 10.1. The van der Waals surface area contributed by atoms with E-state index in [0.29, 0.717) is 0 Å². The minimum atomic E-state index is -0.896. The summed E-state index contributed by atoms with van der Waals surface area (Å²) in [7, 11) is 0. The molecule has 0 radical (unpaired) electrons. The lowest BCUT2D eigenvalue weighted by Crippen LogP contribution is -2.51. The molecule has 0 aromatic rings. The summed E-state index contributed by atoms with van der Waals surface area (Å²) in [6.07, 6.45) is 0. The van der Waals surface area contributed by atoms with E-state index in [1.807, 2.05) is 0 Å². The van der Waals surface area contributed by atoms with Crippen LogP contribution >= 0.6 is 12.6 Å². The molecule has 0 aromatic carbocycles. The lowest BCUT2D eigenvalue weighted by atomic mass is 10.1. The van der Waals surface area contributed by atoms with E-state index in [0.717, 1.165) is 0 Å². The van der Waals surface area contributed by atoms with E-state index in [2.05, 4.69) is 17.4 Å². The molecule has 0 atom stereocenters. The third-order valence-corrected chi connectivity index (χ3v) is 1.53. The molecule has 0 spiro atoms. The fourth-order valence-corrected chi connectivity index (χ4v) is 0.601. The summed E-state index contributed by atoms with van der Waals surface area (Å²) in [5.41, 5.74) is 0. The fourth-order valence-electron chi connectivity index (χ4n) is 0.419. The van der Waals surface area contributed by atoms with Crippen molar-refractivity contribution in [2.45, 2.75) is 4.75 Å². The Morgan fingerprint density at radius 1 is 1.75 bits per heavy atom. The number of aliphatic carboxylic acids is 1. The molecule has 4 heteroatoms. The highest BCUT2D eigenvalue weighted by molar-refractivity contribution is 7.82. The van der Waals surface area contributed by atoms with Crippen LogP contribution in [0.2, 0.25) is 0 Å². The first kappa shape index (κ1) is 5.91. The number of ether oxygens (including phenoxy) is 1.